The first-order chi connectivity index (χ1) is 11.1. The summed E-state index contributed by atoms with van der Waals surface area (Å²) in [7, 11) is 0. The van der Waals surface area contributed by atoms with Crippen LogP contribution in [0.5, 0.6) is 11.5 Å². The molecule has 1 amide bonds. The maximum Gasteiger partial charge on any atom is 0.307 e. The van der Waals surface area contributed by atoms with E-state index in [-0.39, 0.29) is 12.0 Å². The summed E-state index contributed by atoms with van der Waals surface area (Å²) in [6.45, 7) is 0.681. The number of carboxylic acids is 1. The van der Waals surface area contributed by atoms with Gasteiger partial charge in [0.15, 0.2) is 11.5 Å². The quantitative estimate of drug-likeness (QED) is 0.884. The van der Waals surface area contributed by atoms with Gasteiger partial charge in [-0.1, -0.05) is 25.0 Å². The van der Waals surface area contributed by atoms with Gasteiger partial charge in [-0.25, -0.2) is 0 Å². The van der Waals surface area contributed by atoms with Crippen molar-refractivity contribution in [2.75, 3.05) is 13.2 Å². The number of nitrogens with one attached hydrogen (secondary N) is 1. The Balaban J connectivity index is 1.54. The maximum atomic E-state index is 12.3. The molecule has 0 saturated heterocycles. The smallest absolute Gasteiger partial charge is 0.307 e. The van der Waals surface area contributed by atoms with Crippen molar-refractivity contribution in [3.63, 3.8) is 0 Å². The van der Waals surface area contributed by atoms with E-state index in [1.807, 2.05) is 24.3 Å². The lowest BCUT2D eigenvalue weighted by molar-refractivity contribution is -0.149. The van der Waals surface area contributed by atoms with Crippen molar-refractivity contribution in [3.8, 4) is 11.5 Å². The van der Waals surface area contributed by atoms with E-state index in [0.717, 1.165) is 12.8 Å². The number of hydrogen-bond acceptors (Lipinski definition) is 4. The van der Waals surface area contributed by atoms with Gasteiger partial charge in [0.25, 0.3) is 0 Å². The van der Waals surface area contributed by atoms with Crippen molar-refractivity contribution in [2.24, 2.45) is 11.8 Å². The van der Waals surface area contributed by atoms with E-state index in [1.54, 1.807) is 0 Å². The van der Waals surface area contributed by atoms with Crippen LogP contribution in [0, 0.1) is 11.8 Å². The Morgan fingerprint density at radius 3 is 2.57 bits per heavy atom. The number of carbonyl (C=O) groups excluding carboxylic acids is 1. The maximum absolute atomic E-state index is 12.3. The van der Waals surface area contributed by atoms with E-state index in [9.17, 15) is 14.7 Å². The number of carbonyl (C=O) groups is 2. The molecule has 3 atom stereocenters. The molecule has 6 nitrogen and oxygen atoms in total. The molecule has 1 aromatic carbocycles. The number of benzene rings is 1. The first-order valence-electron chi connectivity index (χ1n) is 8.04. The van der Waals surface area contributed by atoms with Gasteiger partial charge in [-0.2, -0.15) is 0 Å². The molecule has 124 valence electrons. The van der Waals surface area contributed by atoms with Crippen LogP contribution in [0.3, 0.4) is 0 Å². The molecule has 1 saturated carbocycles. The molecule has 3 rings (SSSR count). The SMILES string of the molecule is O=C(NC[C@@H]1COc2ccccc2O1)[C@H]1CCCC[C@H]1C(=O)O. The first kappa shape index (κ1) is 15.6. The van der Waals surface area contributed by atoms with Gasteiger partial charge in [-0.05, 0) is 25.0 Å². The normalized spacial score (nSPS) is 26.3. The Hall–Kier alpha value is -2.24. The van der Waals surface area contributed by atoms with Gasteiger partial charge in [-0.15, -0.1) is 0 Å². The molecule has 23 heavy (non-hydrogen) atoms. The molecule has 2 N–H and O–H groups in total. The van der Waals surface area contributed by atoms with Crippen LogP contribution in [0.15, 0.2) is 24.3 Å². The minimum atomic E-state index is -0.879. The predicted molar refractivity (Wildman–Crippen MR) is 82.4 cm³/mol. The number of fused-ring (bicyclic) bond motifs is 1. The highest BCUT2D eigenvalue weighted by Crippen LogP contribution is 2.32. The summed E-state index contributed by atoms with van der Waals surface area (Å²) in [6.07, 6.45) is 2.72. The van der Waals surface area contributed by atoms with Gasteiger partial charge in [0, 0.05) is 0 Å². The van der Waals surface area contributed by atoms with Crippen LogP contribution in [0.4, 0.5) is 0 Å². The second-order valence-electron chi connectivity index (χ2n) is 6.08. The molecule has 2 aliphatic rings. The van der Waals surface area contributed by atoms with E-state index in [4.69, 9.17) is 9.47 Å². The first-order valence-corrected chi connectivity index (χ1v) is 8.04. The Morgan fingerprint density at radius 2 is 1.83 bits per heavy atom. The van der Waals surface area contributed by atoms with Gasteiger partial charge in [0.1, 0.15) is 12.7 Å². The fourth-order valence-electron chi connectivity index (χ4n) is 3.25. The second kappa shape index (κ2) is 6.89. The van der Waals surface area contributed by atoms with Crippen LogP contribution in [-0.2, 0) is 9.59 Å². The zero-order chi connectivity index (χ0) is 16.2. The summed E-state index contributed by atoms with van der Waals surface area (Å²) < 4.78 is 11.4. The number of hydrogen-bond donors (Lipinski definition) is 2. The third kappa shape index (κ3) is 3.57. The van der Waals surface area contributed by atoms with Crippen LogP contribution < -0.4 is 14.8 Å². The number of carboxylic acid groups (broad SMARTS) is 1. The summed E-state index contributed by atoms with van der Waals surface area (Å²) >= 11 is 0. The van der Waals surface area contributed by atoms with Crippen molar-refractivity contribution < 1.29 is 24.2 Å². The van der Waals surface area contributed by atoms with Gasteiger partial charge in [-0.3, -0.25) is 9.59 Å². The van der Waals surface area contributed by atoms with Gasteiger partial charge in [0.05, 0.1) is 18.4 Å². The van der Waals surface area contributed by atoms with Crippen LogP contribution in [0.1, 0.15) is 25.7 Å². The summed E-state index contributed by atoms with van der Waals surface area (Å²) in [6, 6.07) is 7.40. The molecular weight excluding hydrogens is 298 g/mol. The number of aliphatic carboxylic acids is 1. The molecule has 1 aliphatic carbocycles. The number of amides is 1. The van der Waals surface area contributed by atoms with Gasteiger partial charge < -0.3 is 19.9 Å². The third-order valence-electron chi connectivity index (χ3n) is 4.49. The Kier molecular flexibility index (Phi) is 4.69. The number of para-hydroxylation sites is 2. The summed E-state index contributed by atoms with van der Waals surface area (Å²) in [4.78, 5) is 23.6. The summed E-state index contributed by atoms with van der Waals surface area (Å²) in [5.41, 5.74) is 0. The molecule has 0 bridgehead atoms. The van der Waals surface area contributed by atoms with Crippen LogP contribution in [-0.4, -0.2) is 36.2 Å². The predicted octanol–water partition coefficient (Wildman–Crippen LogP) is 1.83. The third-order valence-corrected chi connectivity index (χ3v) is 4.49. The molecular formula is C17H21NO5. The zero-order valence-electron chi connectivity index (χ0n) is 12.9. The van der Waals surface area contributed by atoms with E-state index < -0.39 is 17.8 Å². The average Bonchev–Trinajstić information content (AvgIpc) is 2.59. The zero-order valence-corrected chi connectivity index (χ0v) is 12.9. The van der Waals surface area contributed by atoms with Crippen molar-refractivity contribution in [1.82, 2.24) is 5.32 Å². The molecule has 0 radical (unpaired) electrons. The van der Waals surface area contributed by atoms with Crippen molar-refractivity contribution in [2.45, 2.75) is 31.8 Å². The fourth-order valence-corrected chi connectivity index (χ4v) is 3.25. The minimum absolute atomic E-state index is 0.195. The monoisotopic (exact) mass is 319 g/mol. The van der Waals surface area contributed by atoms with Crippen LogP contribution in [0.25, 0.3) is 0 Å². The molecule has 0 spiro atoms. The van der Waals surface area contributed by atoms with E-state index >= 15 is 0 Å². The molecule has 1 aliphatic heterocycles. The lowest BCUT2D eigenvalue weighted by Gasteiger charge is -2.29. The van der Waals surface area contributed by atoms with Gasteiger partial charge >= 0.3 is 5.97 Å². The van der Waals surface area contributed by atoms with Crippen molar-refractivity contribution >= 4 is 11.9 Å². The Bertz CT molecular complexity index is 588. The Morgan fingerprint density at radius 1 is 1.13 bits per heavy atom. The molecule has 6 heteroatoms. The number of ether oxygens (including phenoxy) is 2. The van der Waals surface area contributed by atoms with Crippen molar-refractivity contribution in [1.29, 1.82) is 0 Å². The van der Waals surface area contributed by atoms with Crippen LogP contribution in [0.2, 0.25) is 0 Å². The fraction of sp³-hybridized carbons (Fsp3) is 0.529. The lowest BCUT2D eigenvalue weighted by Crippen LogP contribution is -2.45. The standard InChI is InChI=1S/C17H21NO5/c19-16(12-5-1-2-6-13(12)17(20)21)18-9-11-10-22-14-7-3-4-8-15(14)23-11/h3-4,7-8,11-13H,1-2,5-6,9-10H2,(H,18,19)(H,20,21)/t11-,12+,13-/m1/s1. The minimum Gasteiger partial charge on any atom is -0.486 e. The lowest BCUT2D eigenvalue weighted by atomic mass is 9.78. The van der Waals surface area contributed by atoms with Crippen molar-refractivity contribution in [3.05, 3.63) is 24.3 Å². The van der Waals surface area contributed by atoms with Crippen LogP contribution >= 0.6 is 0 Å². The number of rotatable bonds is 4. The van der Waals surface area contributed by atoms with E-state index in [2.05, 4.69) is 5.32 Å². The highest BCUT2D eigenvalue weighted by atomic mass is 16.6. The van der Waals surface area contributed by atoms with E-state index in [1.165, 1.54) is 0 Å². The highest BCUT2D eigenvalue weighted by Gasteiger charge is 2.36. The highest BCUT2D eigenvalue weighted by molar-refractivity contribution is 5.84. The summed E-state index contributed by atoms with van der Waals surface area (Å²) in [5.74, 6) is -0.728. The Labute approximate surface area is 134 Å². The molecule has 0 aromatic heterocycles. The average molecular weight is 319 g/mol. The van der Waals surface area contributed by atoms with E-state index in [0.29, 0.717) is 37.5 Å². The topological polar surface area (TPSA) is 84.9 Å². The second-order valence-corrected chi connectivity index (χ2v) is 6.08. The largest absolute Gasteiger partial charge is 0.486 e. The molecule has 1 aromatic rings. The molecule has 0 unspecified atom stereocenters. The summed E-state index contributed by atoms with van der Waals surface area (Å²) in [5, 5.41) is 12.1. The van der Waals surface area contributed by atoms with Gasteiger partial charge in [0.2, 0.25) is 5.91 Å². The molecule has 1 heterocycles. The molecule has 1 fully saturated rings.